The fourth-order valence-corrected chi connectivity index (χ4v) is 1.45. The third kappa shape index (κ3) is 2.02. The van der Waals surface area contributed by atoms with E-state index in [0.717, 1.165) is 18.2 Å². The summed E-state index contributed by atoms with van der Waals surface area (Å²) in [5.41, 5.74) is -1.13. The largest absolute Gasteiger partial charge is 0.223 e. The lowest BCUT2D eigenvalue weighted by atomic mass is 10.0. The zero-order valence-corrected chi connectivity index (χ0v) is 8.72. The first kappa shape index (κ1) is 12.0. The molecule has 2 nitrogen and oxygen atoms in total. The van der Waals surface area contributed by atoms with Crippen LogP contribution in [0.25, 0.3) is 11.1 Å². The second kappa shape index (κ2) is 4.45. The van der Waals surface area contributed by atoms with Crippen molar-refractivity contribution in [3.8, 4) is 17.2 Å². The molecule has 0 fully saturated rings. The maximum atomic E-state index is 13.5. The first-order chi connectivity index (χ1) is 8.52. The molecule has 0 N–H and O–H groups in total. The van der Waals surface area contributed by atoms with Crippen LogP contribution in [-0.4, -0.2) is 4.98 Å². The number of rotatable bonds is 1. The Morgan fingerprint density at radius 1 is 0.944 bits per heavy atom. The molecular weight excluding hydrogens is 248 g/mol. The van der Waals surface area contributed by atoms with Crippen molar-refractivity contribution in [2.75, 3.05) is 0 Å². The maximum Gasteiger partial charge on any atom is 0.223 e. The van der Waals surface area contributed by atoms with Crippen LogP contribution in [-0.2, 0) is 0 Å². The maximum absolute atomic E-state index is 13.5. The Hall–Kier alpha value is -2.42. The SMILES string of the molecule is N#Cc1cc(-c2ccc(F)nc2F)c(F)cc1F. The van der Waals surface area contributed by atoms with Gasteiger partial charge in [0.05, 0.1) is 5.56 Å². The Kier molecular flexibility index (Phi) is 2.98. The van der Waals surface area contributed by atoms with Crippen molar-refractivity contribution < 1.29 is 17.6 Å². The topological polar surface area (TPSA) is 36.7 Å². The molecule has 1 aromatic carbocycles. The number of nitriles is 1. The second-order valence-corrected chi connectivity index (χ2v) is 3.40. The minimum absolute atomic E-state index is 0.342. The molecule has 1 aromatic heterocycles. The monoisotopic (exact) mass is 252 g/mol. The van der Waals surface area contributed by atoms with Gasteiger partial charge in [0.15, 0.2) is 0 Å². The van der Waals surface area contributed by atoms with Gasteiger partial charge in [-0.15, -0.1) is 0 Å². The summed E-state index contributed by atoms with van der Waals surface area (Å²) < 4.78 is 52.5. The average molecular weight is 252 g/mol. The normalized spacial score (nSPS) is 10.2. The first-order valence-electron chi connectivity index (χ1n) is 4.74. The summed E-state index contributed by atoms with van der Waals surface area (Å²) >= 11 is 0. The zero-order chi connectivity index (χ0) is 13.3. The molecule has 0 aliphatic rings. The van der Waals surface area contributed by atoms with Crippen LogP contribution in [0.15, 0.2) is 24.3 Å². The highest BCUT2D eigenvalue weighted by Crippen LogP contribution is 2.27. The number of benzene rings is 1. The van der Waals surface area contributed by atoms with Gasteiger partial charge in [0.2, 0.25) is 11.9 Å². The van der Waals surface area contributed by atoms with Crippen molar-refractivity contribution in [3.63, 3.8) is 0 Å². The lowest BCUT2D eigenvalue weighted by Crippen LogP contribution is -1.96. The van der Waals surface area contributed by atoms with Gasteiger partial charge < -0.3 is 0 Å². The third-order valence-corrected chi connectivity index (χ3v) is 2.28. The molecule has 2 aromatic rings. The molecule has 6 heteroatoms. The van der Waals surface area contributed by atoms with Gasteiger partial charge >= 0.3 is 0 Å². The van der Waals surface area contributed by atoms with E-state index < -0.39 is 29.1 Å². The molecule has 0 unspecified atom stereocenters. The molecule has 0 saturated heterocycles. The first-order valence-corrected chi connectivity index (χ1v) is 4.74. The van der Waals surface area contributed by atoms with Crippen LogP contribution in [0.4, 0.5) is 17.6 Å². The van der Waals surface area contributed by atoms with Gasteiger partial charge in [-0.3, -0.25) is 0 Å². The van der Waals surface area contributed by atoms with Crippen LogP contribution >= 0.6 is 0 Å². The molecule has 0 aliphatic carbocycles. The van der Waals surface area contributed by atoms with Crippen molar-refractivity contribution in [1.82, 2.24) is 4.98 Å². The molecule has 0 spiro atoms. The van der Waals surface area contributed by atoms with E-state index in [9.17, 15) is 17.6 Å². The Balaban J connectivity index is 2.68. The van der Waals surface area contributed by atoms with Crippen molar-refractivity contribution in [2.45, 2.75) is 0 Å². The molecule has 0 aliphatic heterocycles. The van der Waals surface area contributed by atoms with E-state index >= 15 is 0 Å². The summed E-state index contributed by atoms with van der Waals surface area (Å²) in [5.74, 6) is -4.39. The highest BCUT2D eigenvalue weighted by molar-refractivity contribution is 5.65. The fraction of sp³-hybridized carbons (Fsp3) is 0. The van der Waals surface area contributed by atoms with Crippen LogP contribution in [0.3, 0.4) is 0 Å². The number of nitrogens with zero attached hydrogens (tertiary/aromatic N) is 2. The van der Waals surface area contributed by atoms with Gasteiger partial charge in [-0.1, -0.05) is 0 Å². The molecule has 0 radical (unpaired) electrons. The van der Waals surface area contributed by atoms with Gasteiger partial charge in [0.25, 0.3) is 0 Å². The number of hydrogen-bond acceptors (Lipinski definition) is 2. The molecule has 0 amide bonds. The summed E-state index contributed by atoms with van der Waals surface area (Å²) in [4.78, 5) is 2.89. The van der Waals surface area contributed by atoms with Crippen LogP contribution in [0.1, 0.15) is 5.56 Å². The van der Waals surface area contributed by atoms with Gasteiger partial charge in [-0.2, -0.15) is 19.0 Å². The van der Waals surface area contributed by atoms with Crippen LogP contribution in [0, 0.1) is 34.9 Å². The van der Waals surface area contributed by atoms with E-state index in [-0.39, 0.29) is 11.1 Å². The fourth-order valence-electron chi connectivity index (χ4n) is 1.45. The quantitative estimate of drug-likeness (QED) is 0.577. The Bertz CT molecular complexity index is 662. The predicted molar refractivity (Wildman–Crippen MR) is 54.2 cm³/mol. The highest BCUT2D eigenvalue weighted by Gasteiger charge is 2.15. The number of pyridine rings is 1. The van der Waals surface area contributed by atoms with Gasteiger partial charge in [-0.05, 0) is 18.2 Å². The number of halogens is 4. The van der Waals surface area contributed by atoms with E-state index in [1.165, 1.54) is 6.07 Å². The zero-order valence-electron chi connectivity index (χ0n) is 8.72. The predicted octanol–water partition coefficient (Wildman–Crippen LogP) is 3.18. The van der Waals surface area contributed by atoms with Crippen LogP contribution in [0.2, 0.25) is 0 Å². The second-order valence-electron chi connectivity index (χ2n) is 3.40. The molecule has 90 valence electrons. The summed E-state index contributed by atoms with van der Waals surface area (Å²) in [6.07, 6.45) is 0. The number of hydrogen-bond donors (Lipinski definition) is 0. The molecule has 2 rings (SSSR count). The van der Waals surface area contributed by atoms with Crippen molar-refractivity contribution in [3.05, 3.63) is 53.4 Å². The van der Waals surface area contributed by atoms with E-state index in [4.69, 9.17) is 5.26 Å². The lowest BCUT2D eigenvalue weighted by molar-refractivity contribution is 0.513. The smallest absolute Gasteiger partial charge is 0.206 e. The minimum Gasteiger partial charge on any atom is -0.206 e. The van der Waals surface area contributed by atoms with E-state index in [1.807, 2.05) is 0 Å². The van der Waals surface area contributed by atoms with Crippen molar-refractivity contribution in [2.24, 2.45) is 0 Å². The van der Waals surface area contributed by atoms with E-state index in [1.54, 1.807) is 0 Å². The molecular formula is C12H4F4N2. The molecule has 18 heavy (non-hydrogen) atoms. The highest BCUT2D eigenvalue weighted by atomic mass is 19.1. The lowest BCUT2D eigenvalue weighted by Gasteiger charge is -2.05. The van der Waals surface area contributed by atoms with E-state index in [0.29, 0.717) is 6.07 Å². The molecule has 1 heterocycles. The van der Waals surface area contributed by atoms with E-state index in [2.05, 4.69) is 4.98 Å². The number of aromatic nitrogens is 1. The third-order valence-electron chi connectivity index (χ3n) is 2.28. The summed E-state index contributed by atoms with van der Waals surface area (Å²) in [7, 11) is 0. The molecule has 0 bridgehead atoms. The average Bonchev–Trinajstić information content (AvgIpc) is 2.30. The Morgan fingerprint density at radius 3 is 2.28 bits per heavy atom. The van der Waals surface area contributed by atoms with Gasteiger partial charge in [0, 0.05) is 17.2 Å². The van der Waals surface area contributed by atoms with Gasteiger partial charge in [0.1, 0.15) is 17.7 Å². The summed E-state index contributed by atoms with van der Waals surface area (Å²) in [6.45, 7) is 0. The van der Waals surface area contributed by atoms with Crippen LogP contribution < -0.4 is 0 Å². The minimum atomic E-state index is -1.23. The standard InChI is InChI=1S/C12H4F4N2/c13-9-4-10(14)8(3-6(9)5-17)7-1-2-11(15)18-12(7)16/h1-4H. The van der Waals surface area contributed by atoms with Crippen molar-refractivity contribution >= 4 is 0 Å². The molecule has 0 saturated carbocycles. The van der Waals surface area contributed by atoms with Crippen LogP contribution in [0.5, 0.6) is 0 Å². The summed E-state index contributed by atoms with van der Waals surface area (Å²) in [6, 6.07) is 4.63. The Labute approximate surface area is 99.1 Å². The Morgan fingerprint density at radius 2 is 1.67 bits per heavy atom. The summed E-state index contributed by atoms with van der Waals surface area (Å²) in [5, 5.41) is 8.61. The van der Waals surface area contributed by atoms with Gasteiger partial charge in [-0.25, -0.2) is 8.78 Å². The van der Waals surface area contributed by atoms with Crippen molar-refractivity contribution in [1.29, 1.82) is 5.26 Å². The molecule has 0 atom stereocenters.